The van der Waals surface area contributed by atoms with E-state index in [0.717, 1.165) is 0 Å². The Labute approximate surface area is 118 Å². The minimum atomic E-state index is -0.446. The van der Waals surface area contributed by atoms with Crippen molar-refractivity contribution in [2.24, 2.45) is 5.92 Å². The van der Waals surface area contributed by atoms with Gasteiger partial charge in [0.1, 0.15) is 0 Å². The molecule has 19 heavy (non-hydrogen) atoms. The summed E-state index contributed by atoms with van der Waals surface area (Å²) in [7, 11) is 1.77. The number of nitro benzene ring substituents is 1. The van der Waals surface area contributed by atoms with Crippen molar-refractivity contribution in [2.45, 2.75) is 13.5 Å². The zero-order valence-corrected chi connectivity index (χ0v) is 11.7. The van der Waals surface area contributed by atoms with Crippen LogP contribution in [-0.4, -0.2) is 24.4 Å². The van der Waals surface area contributed by atoms with Gasteiger partial charge in [-0.3, -0.25) is 14.9 Å². The second-order valence-corrected chi connectivity index (χ2v) is 4.06. The highest BCUT2D eigenvalue weighted by Crippen LogP contribution is 2.17. The van der Waals surface area contributed by atoms with E-state index in [-0.39, 0.29) is 36.5 Å². The predicted molar refractivity (Wildman–Crippen MR) is 75.3 cm³/mol. The van der Waals surface area contributed by atoms with Gasteiger partial charge in [0.2, 0.25) is 5.91 Å². The maximum absolute atomic E-state index is 11.7. The van der Waals surface area contributed by atoms with Crippen molar-refractivity contribution >= 4 is 24.0 Å². The molecule has 0 saturated carbocycles. The van der Waals surface area contributed by atoms with Crippen molar-refractivity contribution in [2.75, 3.05) is 13.6 Å². The molecule has 0 bridgehead atoms. The Morgan fingerprint density at radius 3 is 2.63 bits per heavy atom. The summed E-state index contributed by atoms with van der Waals surface area (Å²) in [6.45, 7) is 2.54. The first kappa shape index (κ1) is 17.3. The molecule has 0 aliphatic heterocycles. The third-order valence-corrected chi connectivity index (χ3v) is 2.60. The van der Waals surface area contributed by atoms with Crippen molar-refractivity contribution in [1.82, 2.24) is 10.6 Å². The number of rotatable bonds is 6. The second kappa shape index (κ2) is 8.44. The van der Waals surface area contributed by atoms with Crippen molar-refractivity contribution in [3.05, 3.63) is 39.9 Å². The fourth-order valence-corrected chi connectivity index (χ4v) is 1.59. The molecule has 1 aromatic rings. The summed E-state index contributed by atoms with van der Waals surface area (Å²) in [6, 6.07) is 6.39. The number of halogens is 1. The Balaban J connectivity index is 0.00000324. The van der Waals surface area contributed by atoms with E-state index in [4.69, 9.17) is 0 Å². The highest BCUT2D eigenvalue weighted by molar-refractivity contribution is 5.85. The fourth-order valence-electron chi connectivity index (χ4n) is 1.59. The van der Waals surface area contributed by atoms with E-state index >= 15 is 0 Å². The van der Waals surface area contributed by atoms with Crippen LogP contribution in [0.3, 0.4) is 0 Å². The van der Waals surface area contributed by atoms with Crippen molar-refractivity contribution < 1.29 is 9.72 Å². The molecule has 0 saturated heterocycles. The minimum Gasteiger partial charge on any atom is -0.351 e. The number of amides is 1. The number of benzene rings is 1. The van der Waals surface area contributed by atoms with E-state index in [2.05, 4.69) is 10.6 Å². The van der Waals surface area contributed by atoms with Crippen LogP contribution in [0.25, 0.3) is 0 Å². The molecule has 6 nitrogen and oxygen atoms in total. The number of nitrogens with one attached hydrogen (secondary N) is 2. The first-order valence-electron chi connectivity index (χ1n) is 5.71. The van der Waals surface area contributed by atoms with Gasteiger partial charge in [-0.25, -0.2) is 0 Å². The Morgan fingerprint density at radius 2 is 2.05 bits per heavy atom. The molecule has 2 N–H and O–H groups in total. The lowest BCUT2D eigenvalue weighted by Gasteiger charge is -2.11. The highest BCUT2D eigenvalue weighted by Gasteiger charge is 2.15. The van der Waals surface area contributed by atoms with Gasteiger partial charge in [0.15, 0.2) is 0 Å². The van der Waals surface area contributed by atoms with Crippen molar-refractivity contribution in [3.63, 3.8) is 0 Å². The molecule has 0 aliphatic carbocycles. The summed E-state index contributed by atoms with van der Waals surface area (Å²) in [5.41, 5.74) is 0.534. The molecule has 1 aromatic carbocycles. The lowest BCUT2D eigenvalue weighted by molar-refractivity contribution is -0.385. The summed E-state index contributed by atoms with van der Waals surface area (Å²) >= 11 is 0. The monoisotopic (exact) mass is 287 g/mol. The van der Waals surface area contributed by atoms with Gasteiger partial charge >= 0.3 is 0 Å². The number of para-hydroxylation sites is 1. The normalized spacial score (nSPS) is 11.3. The molecule has 0 aromatic heterocycles. The number of carbonyl (C=O) groups is 1. The van der Waals surface area contributed by atoms with Gasteiger partial charge in [-0.15, -0.1) is 12.4 Å². The minimum absolute atomic E-state index is 0. The average molecular weight is 288 g/mol. The Hall–Kier alpha value is -1.66. The van der Waals surface area contributed by atoms with Gasteiger partial charge in [-0.05, 0) is 7.05 Å². The fraction of sp³-hybridized carbons (Fsp3) is 0.417. The van der Waals surface area contributed by atoms with E-state index in [1.807, 2.05) is 0 Å². The van der Waals surface area contributed by atoms with Crippen LogP contribution >= 0.6 is 12.4 Å². The van der Waals surface area contributed by atoms with Crippen LogP contribution in [0.15, 0.2) is 24.3 Å². The molecular weight excluding hydrogens is 270 g/mol. The van der Waals surface area contributed by atoms with E-state index < -0.39 is 4.92 Å². The molecule has 0 heterocycles. The Bertz CT molecular complexity index is 440. The Morgan fingerprint density at radius 1 is 1.42 bits per heavy atom. The molecule has 0 radical (unpaired) electrons. The van der Waals surface area contributed by atoms with Gasteiger partial charge in [0.05, 0.1) is 4.92 Å². The molecular formula is C12H18ClN3O3. The number of hydrogen-bond acceptors (Lipinski definition) is 4. The standard InChI is InChI=1S/C12H17N3O3.ClH/c1-9(7-13-2)12(16)14-8-10-5-3-4-6-11(10)15(17)18;/h3-6,9,13H,7-8H2,1-2H3,(H,14,16);1H. The topological polar surface area (TPSA) is 84.3 Å². The molecule has 1 amide bonds. The highest BCUT2D eigenvalue weighted by atomic mass is 35.5. The van der Waals surface area contributed by atoms with Gasteiger partial charge in [-0.2, -0.15) is 0 Å². The number of nitro groups is 1. The third-order valence-electron chi connectivity index (χ3n) is 2.60. The smallest absolute Gasteiger partial charge is 0.274 e. The summed E-state index contributed by atoms with van der Waals surface area (Å²) in [4.78, 5) is 22.0. The lowest BCUT2D eigenvalue weighted by atomic mass is 10.1. The maximum atomic E-state index is 11.7. The zero-order valence-electron chi connectivity index (χ0n) is 10.9. The van der Waals surface area contributed by atoms with E-state index in [0.29, 0.717) is 12.1 Å². The number of carbonyl (C=O) groups excluding carboxylic acids is 1. The average Bonchev–Trinajstić information content (AvgIpc) is 2.36. The summed E-state index contributed by atoms with van der Waals surface area (Å²) < 4.78 is 0. The summed E-state index contributed by atoms with van der Waals surface area (Å²) in [5.74, 6) is -0.291. The van der Waals surface area contributed by atoms with Gasteiger partial charge < -0.3 is 10.6 Å². The maximum Gasteiger partial charge on any atom is 0.274 e. The van der Waals surface area contributed by atoms with Crippen LogP contribution < -0.4 is 10.6 Å². The molecule has 106 valence electrons. The van der Waals surface area contributed by atoms with Crippen molar-refractivity contribution in [1.29, 1.82) is 0 Å². The Kier molecular flexibility index (Phi) is 7.71. The van der Waals surface area contributed by atoms with Crippen LogP contribution in [0.4, 0.5) is 5.69 Å². The van der Waals surface area contributed by atoms with Gasteiger partial charge in [0.25, 0.3) is 5.69 Å². The van der Waals surface area contributed by atoms with Crippen LogP contribution in [0.2, 0.25) is 0 Å². The molecule has 0 spiro atoms. The zero-order chi connectivity index (χ0) is 13.5. The van der Waals surface area contributed by atoms with E-state index in [1.54, 1.807) is 32.2 Å². The second-order valence-electron chi connectivity index (χ2n) is 4.06. The SMILES string of the molecule is CNCC(C)C(=O)NCc1ccccc1[N+](=O)[O-].Cl. The quantitative estimate of drug-likeness (QED) is 0.613. The van der Waals surface area contributed by atoms with Gasteiger partial charge in [0, 0.05) is 30.6 Å². The molecule has 7 heteroatoms. The van der Waals surface area contributed by atoms with Gasteiger partial charge in [-0.1, -0.05) is 25.1 Å². The summed E-state index contributed by atoms with van der Waals surface area (Å²) in [5, 5.41) is 16.4. The van der Waals surface area contributed by atoms with Crippen LogP contribution in [0.1, 0.15) is 12.5 Å². The summed E-state index contributed by atoms with van der Waals surface area (Å²) in [6.07, 6.45) is 0. The van der Waals surface area contributed by atoms with E-state index in [9.17, 15) is 14.9 Å². The molecule has 0 fully saturated rings. The largest absolute Gasteiger partial charge is 0.351 e. The van der Waals surface area contributed by atoms with Crippen LogP contribution in [-0.2, 0) is 11.3 Å². The molecule has 1 rings (SSSR count). The first-order valence-corrected chi connectivity index (χ1v) is 5.71. The van der Waals surface area contributed by atoms with Crippen LogP contribution in [0.5, 0.6) is 0 Å². The predicted octanol–water partition coefficient (Wildman–Crippen LogP) is 1.49. The molecule has 0 aliphatic rings. The van der Waals surface area contributed by atoms with Crippen LogP contribution in [0, 0.1) is 16.0 Å². The lowest BCUT2D eigenvalue weighted by Crippen LogP contribution is -2.34. The molecule has 1 unspecified atom stereocenters. The molecule has 1 atom stereocenters. The first-order chi connectivity index (χ1) is 8.56. The number of nitrogens with zero attached hydrogens (tertiary/aromatic N) is 1. The third kappa shape index (κ3) is 5.23. The van der Waals surface area contributed by atoms with E-state index in [1.165, 1.54) is 6.07 Å². The number of hydrogen-bond donors (Lipinski definition) is 2. The van der Waals surface area contributed by atoms with Crippen molar-refractivity contribution in [3.8, 4) is 0 Å².